The van der Waals surface area contributed by atoms with Crippen molar-refractivity contribution >= 4 is 5.91 Å². The number of aliphatic hydroxyl groups is 1. The molecule has 2 aromatic rings. The van der Waals surface area contributed by atoms with Crippen LogP contribution < -0.4 is 10.1 Å². The Morgan fingerprint density at radius 1 is 1.46 bits per heavy atom. The van der Waals surface area contributed by atoms with Gasteiger partial charge in [-0.3, -0.25) is 4.79 Å². The molecule has 1 fully saturated rings. The lowest BCUT2D eigenvalue weighted by atomic mass is 10.0. The molecular formula is C17H22N4O3. The second-order valence-corrected chi connectivity index (χ2v) is 6.24. The quantitative estimate of drug-likeness (QED) is 0.857. The van der Waals surface area contributed by atoms with Crippen molar-refractivity contribution in [2.45, 2.75) is 24.9 Å². The van der Waals surface area contributed by atoms with Crippen molar-refractivity contribution in [1.29, 1.82) is 0 Å². The Morgan fingerprint density at radius 2 is 2.29 bits per heavy atom. The number of carbonyl (C=O) groups excluding carboxylic acids is 1. The minimum atomic E-state index is -0.447. The molecule has 0 unspecified atom stereocenters. The van der Waals surface area contributed by atoms with Crippen LogP contribution in [-0.2, 0) is 7.05 Å². The average molecular weight is 330 g/mol. The summed E-state index contributed by atoms with van der Waals surface area (Å²) in [4.78, 5) is 12.3. The van der Waals surface area contributed by atoms with E-state index < -0.39 is 6.10 Å². The monoisotopic (exact) mass is 330 g/mol. The smallest absolute Gasteiger partial charge is 0.251 e. The number of rotatable bonds is 5. The highest BCUT2D eigenvalue weighted by Gasteiger charge is 2.36. The predicted octanol–water partition coefficient (Wildman–Crippen LogP) is 1.11. The van der Waals surface area contributed by atoms with Crippen LogP contribution in [-0.4, -0.2) is 45.5 Å². The Bertz CT molecular complexity index is 715. The van der Waals surface area contributed by atoms with E-state index in [1.165, 1.54) is 0 Å². The van der Waals surface area contributed by atoms with Gasteiger partial charge in [0, 0.05) is 31.0 Å². The van der Waals surface area contributed by atoms with Gasteiger partial charge >= 0.3 is 0 Å². The van der Waals surface area contributed by atoms with E-state index >= 15 is 0 Å². The van der Waals surface area contributed by atoms with Crippen LogP contribution in [0.2, 0.25) is 0 Å². The maximum absolute atomic E-state index is 12.3. The number of aliphatic hydroxyl groups excluding tert-OH is 1. The first kappa shape index (κ1) is 16.4. The number of aryl methyl sites for hydroxylation is 1. The van der Waals surface area contributed by atoms with Gasteiger partial charge in [-0.05, 0) is 31.0 Å². The molecule has 7 heteroatoms. The molecule has 1 aromatic heterocycles. The molecule has 7 nitrogen and oxygen atoms in total. The van der Waals surface area contributed by atoms with Gasteiger partial charge in [-0.25, -0.2) is 0 Å². The lowest BCUT2D eigenvalue weighted by molar-refractivity contribution is 0.0916. The Hall–Kier alpha value is -2.41. The minimum absolute atomic E-state index is 0.0151. The van der Waals surface area contributed by atoms with Crippen LogP contribution in [0.5, 0.6) is 5.75 Å². The number of carbonyl (C=O) groups is 1. The Balaban J connectivity index is 1.58. The molecule has 1 heterocycles. The van der Waals surface area contributed by atoms with Crippen LogP contribution in [0.3, 0.4) is 0 Å². The number of benzene rings is 1. The molecular weight excluding hydrogens is 308 g/mol. The standard InChI is InChI=1S/C17H22N4O3/c1-21-10-19-20-16(21)12-6-13(15(22)8-12)9-18-17(23)11-4-3-5-14(7-11)24-2/h3-5,7,10,12-13,15,22H,6,8-9H2,1-2H3,(H,18,23)/t12-,13+,15+/m0/s1. The molecule has 1 aliphatic carbocycles. The first-order chi connectivity index (χ1) is 11.6. The largest absolute Gasteiger partial charge is 0.497 e. The summed E-state index contributed by atoms with van der Waals surface area (Å²) in [6.07, 6.45) is 2.65. The second-order valence-electron chi connectivity index (χ2n) is 6.24. The van der Waals surface area contributed by atoms with Gasteiger partial charge in [0.1, 0.15) is 17.9 Å². The highest BCUT2D eigenvalue weighted by molar-refractivity contribution is 5.94. The topological polar surface area (TPSA) is 89.3 Å². The van der Waals surface area contributed by atoms with Gasteiger partial charge in [0.2, 0.25) is 0 Å². The van der Waals surface area contributed by atoms with E-state index in [0.29, 0.717) is 24.3 Å². The zero-order chi connectivity index (χ0) is 17.1. The summed E-state index contributed by atoms with van der Waals surface area (Å²) in [6, 6.07) is 7.01. The van der Waals surface area contributed by atoms with Gasteiger partial charge in [0.05, 0.1) is 13.2 Å². The summed E-state index contributed by atoms with van der Waals surface area (Å²) in [5.41, 5.74) is 0.548. The van der Waals surface area contributed by atoms with Crippen molar-refractivity contribution in [3.8, 4) is 5.75 Å². The van der Waals surface area contributed by atoms with Crippen LogP contribution in [0.4, 0.5) is 0 Å². The van der Waals surface area contributed by atoms with Crippen molar-refractivity contribution in [3.05, 3.63) is 42.0 Å². The molecule has 3 rings (SSSR count). The van der Waals surface area contributed by atoms with Gasteiger partial charge in [0.15, 0.2) is 0 Å². The van der Waals surface area contributed by atoms with Gasteiger partial charge in [-0.2, -0.15) is 0 Å². The van der Waals surface area contributed by atoms with Gasteiger partial charge in [-0.15, -0.1) is 10.2 Å². The number of hydrogen-bond donors (Lipinski definition) is 2. The number of aromatic nitrogens is 3. The molecule has 2 N–H and O–H groups in total. The van der Waals surface area contributed by atoms with Crippen LogP contribution in [0.25, 0.3) is 0 Å². The maximum Gasteiger partial charge on any atom is 0.251 e. The van der Waals surface area contributed by atoms with E-state index in [2.05, 4.69) is 15.5 Å². The van der Waals surface area contributed by atoms with Crippen LogP contribution in [0.1, 0.15) is 34.9 Å². The van der Waals surface area contributed by atoms with E-state index in [9.17, 15) is 9.90 Å². The molecule has 1 saturated carbocycles. The molecule has 0 aliphatic heterocycles. The minimum Gasteiger partial charge on any atom is -0.497 e. The average Bonchev–Trinajstić information content (AvgIpc) is 3.18. The van der Waals surface area contributed by atoms with Gasteiger partial charge in [0.25, 0.3) is 5.91 Å². The normalized spacial score (nSPS) is 23.2. The lowest BCUT2D eigenvalue weighted by Gasteiger charge is -2.15. The Kier molecular flexibility index (Phi) is 4.80. The molecule has 0 bridgehead atoms. The lowest BCUT2D eigenvalue weighted by Crippen LogP contribution is -2.32. The third-order valence-electron chi connectivity index (χ3n) is 4.63. The molecule has 0 radical (unpaired) electrons. The predicted molar refractivity (Wildman–Crippen MR) is 87.8 cm³/mol. The van der Waals surface area contributed by atoms with E-state index in [4.69, 9.17) is 4.74 Å². The molecule has 0 saturated heterocycles. The summed E-state index contributed by atoms with van der Waals surface area (Å²) in [5, 5.41) is 21.2. The highest BCUT2D eigenvalue weighted by Crippen LogP contribution is 2.37. The highest BCUT2D eigenvalue weighted by atomic mass is 16.5. The van der Waals surface area contributed by atoms with Crippen molar-refractivity contribution in [2.24, 2.45) is 13.0 Å². The number of ether oxygens (including phenoxy) is 1. The fourth-order valence-corrected chi connectivity index (χ4v) is 3.28. The summed E-state index contributed by atoms with van der Waals surface area (Å²) >= 11 is 0. The molecule has 1 aliphatic rings. The van der Waals surface area contributed by atoms with Crippen LogP contribution >= 0.6 is 0 Å². The fourth-order valence-electron chi connectivity index (χ4n) is 3.28. The number of amides is 1. The zero-order valence-electron chi connectivity index (χ0n) is 13.8. The molecule has 1 amide bonds. The van der Waals surface area contributed by atoms with Crippen molar-refractivity contribution < 1.29 is 14.6 Å². The molecule has 1 aromatic carbocycles. The number of hydrogen-bond acceptors (Lipinski definition) is 5. The Labute approximate surface area is 140 Å². The summed E-state index contributed by atoms with van der Waals surface area (Å²) in [7, 11) is 3.47. The number of nitrogens with one attached hydrogen (secondary N) is 1. The van der Waals surface area contributed by atoms with Gasteiger partial charge < -0.3 is 19.7 Å². The number of nitrogens with zero attached hydrogens (tertiary/aromatic N) is 3. The zero-order valence-corrected chi connectivity index (χ0v) is 13.8. The number of methoxy groups -OCH3 is 1. The molecule has 128 valence electrons. The van der Waals surface area contributed by atoms with Crippen molar-refractivity contribution in [2.75, 3.05) is 13.7 Å². The maximum atomic E-state index is 12.3. The third-order valence-corrected chi connectivity index (χ3v) is 4.63. The summed E-state index contributed by atoms with van der Waals surface area (Å²) in [6.45, 7) is 0.436. The first-order valence-corrected chi connectivity index (χ1v) is 8.02. The van der Waals surface area contributed by atoms with Gasteiger partial charge in [-0.1, -0.05) is 6.07 Å². The third kappa shape index (κ3) is 3.41. The van der Waals surface area contributed by atoms with E-state index in [1.54, 1.807) is 37.7 Å². The summed E-state index contributed by atoms with van der Waals surface area (Å²) in [5.74, 6) is 1.55. The Morgan fingerprint density at radius 3 is 3.00 bits per heavy atom. The van der Waals surface area contributed by atoms with Crippen molar-refractivity contribution in [1.82, 2.24) is 20.1 Å². The van der Waals surface area contributed by atoms with E-state index in [-0.39, 0.29) is 17.7 Å². The molecule has 24 heavy (non-hydrogen) atoms. The summed E-state index contributed by atoms with van der Waals surface area (Å²) < 4.78 is 7.01. The van der Waals surface area contributed by atoms with E-state index in [1.807, 2.05) is 11.6 Å². The second kappa shape index (κ2) is 7.00. The molecule has 3 atom stereocenters. The fraction of sp³-hybridized carbons (Fsp3) is 0.471. The van der Waals surface area contributed by atoms with E-state index in [0.717, 1.165) is 12.2 Å². The van der Waals surface area contributed by atoms with Crippen LogP contribution in [0.15, 0.2) is 30.6 Å². The molecule has 0 spiro atoms. The van der Waals surface area contributed by atoms with Crippen molar-refractivity contribution in [3.63, 3.8) is 0 Å². The van der Waals surface area contributed by atoms with Crippen LogP contribution in [0, 0.1) is 5.92 Å². The first-order valence-electron chi connectivity index (χ1n) is 8.02. The SMILES string of the molecule is COc1cccc(C(=O)NC[C@H]2C[C@H](c3nncn3C)C[C@H]2O)c1.